The number of benzene rings is 2. The van der Waals surface area contributed by atoms with Gasteiger partial charge in [-0.15, -0.1) is 0 Å². The Morgan fingerprint density at radius 1 is 0.962 bits per heavy atom. The van der Waals surface area contributed by atoms with E-state index in [1.54, 1.807) is 28.6 Å². The van der Waals surface area contributed by atoms with Crippen LogP contribution in [-0.4, -0.2) is 23.8 Å². The van der Waals surface area contributed by atoms with Crippen LogP contribution in [0.2, 0.25) is 5.02 Å². The van der Waals surface area contributed by atoms with Gasteiger partial charge in [0.2, 0.25) is 10.0 Å². The summed E-state index contributed by atoms with van der Waals surface area (Å²) in [6.07, 6.45) is 2.00. The lowest BCUT2D eigenvalue weighted by Crippen LogP contribution is -2.42. The van der Waals surface area contributed by atoms with Crippen molar-refractivity contribution >= 4 is 21.6 Å². The molecule has 2 aromatic carbocycles. The number of aromatic nitrogens is 1. The molecule has 26 heavy (non-hydrogen) atoms. The third kappa shape index (κ3) is 2.96. The van der Waals surface area contributed by atoms with Crippen molar-refractivity contribution in [2.75, 3.05) is 6.54 Å². The fourth-order valence-electron chi connectivity index (χ4n) is 3.45. The highest BCUT2D eigenvalue weighted by atomic mass is 35.5. The number of fused-ring (bicyclic) bond motifs is 1. The van der Waals surface area contributed by atoms with Gasteiger partial charge in [-0.25, -0.2) is 8.42 Å². The van der Waals surface area contributed by atoms with Crippen LogP contribution in [0.1, 0.15) is 22.9 Å². The van der Waals surface area contributed by atoms with Crippen molar-refractivity contribution in [3.05, 3.63) is 88.7 Å². The molecular weight excluding hydrogens is 368 g/mol. The molecule has 0 saturated heterocycles. The molecule has 3 aromatic rings. The Bertz CT molecular complexity index is 1020. The fourth-order valence-corrected chi connectivity index (χ4v) is 5.15. The number of rotatable bonds is 3. The highest BCUT2D eigenvalue weighted by Crippen LogP contribution is 2.36. The molecule has 0 saturated carbocycles. The van der Waals surface area contributed by atoms with Gasteiger partial charge >= 0.3 is 0 Å². The van der Waals surface area contributed by atoms with Gasteiger partial charge in [0, 0.05) is 30.0 Å². The van der Waals surface area contributed by atoms with Gasteiger partial charge in [-0.1, -0.05) is 41.4 Å². The lowest BCUT2D eigenvalue weighted by molar-refractivity contribution is 0.298. The van der Waals surface area contributed by atoms with Crippen molar-refractivity contribution in [3.8, 4) is 0 Å². The normalized spacial score (nSPS) is 17.8. The van der Waals surface area contributed by atoms with Crippen LogP contribution in [0.15, 0.2) is 71.8 Å². The van der Waals surface area contributed by atoms with Crippen LogP contribution < -0.4 is 0 Å². The third-order valence-corrected chi connectivity index (χ3v) is 6.94. The summed E-state index contributed by atoms with van der Waals surface area (Å²) in [5.41, 5.74) is 3.09. The first-order valence-corrected chi connectivity index (χ1v) is 10.3. The van der Waals surface area contributed by atoms with Crippen LogP contribution in [0.25, 0.3) is 0 Å². The van der Waals surface area contributed by atoms with Gasteiger partial charge < -0.3 is 4.57 Å². The molecule has 1 atom stereocenters. The first-order valence-electron chi connectivity index (χ1n) is 8.46. The van der Waals surface area contributed by atoms with E-state index >= 15 is 0 Å². The molecule has 0 bridgehead atoms. The molecule has 0 spiro atoms. The van der Waals surface area contributed by atoms with Gasteiger partial charge in [0.1, 0.15) is 0 Å². The minimum absolute atomic E-state index is 0.263. The highest BCUT2D eigenvalue weighted by molar-refractivity contribution is 7.89. The van der Waals surface area contributed by atoms with Crippen LogP contribution in [0, 0.1) is 6.92 Å². The molecule has 0 radical (unpaired) electrons. The molecule has 0 unspecified atom stereocenters. The van der Waals surface area contributed by atoms with Gasteiger partial charge in [0.05, 0.1) is 10.9 Å². The Kier molecular flexibility index (Phi) is 4.39. The molecule has 0 N–H and O–H groups in total. The smallest absolute Gasteiger partial charge is 0.244 e. The largest absolute Gasteiger partial charge is 0.348 e. The van der Waals surface area contributed by atoms with E-state index in [1.807, 2.05) is 49.5 Å². The van der Waals surface area contributed by atoms with Crippen LogP contribution in [-0.2, 0) is 16.6 Å². The maximum Gasteiger partial charge on any atom is 0.244 e. The summed E-state index contributed by atoms with van der Waals surface area (Å²) in [6, 6.07) is 18.0. The molecule has 0 amide bonds. The number of sulfonamides is 1. The Morgan fingerprint density at radius 3 is 2.35 bits per heavy atom. The van der Waals surface area contributed by atoms with Crippen molar-refractivity contribution in [1.82, 2.24) is 8.87 Å². The van der Waals surface area contributed by atoms with E-state index < -0.39 is 10.0 Å². The predicted molar refractivity (Wildman–Crippen MR) is 103 cm³/mol. The van der Waals surface area contributed by atoms with Crippen molar-refractivity contribution < 1.29 is 8.42 Å². The summed E-state index contributed by atoms with van der Waals surface area (Å²) < 4.78 is 30.4. The number of nitrogens with zero attached hydrogens (tertiary/aromatic N) is 2. The zero-order valence-electron chi connectivity index (χ0n) is 14.3. The summed E-state index contributed by atoms with van der Waals surface area (Å²) in [6.45, 7) is 3.08. The van der Waals surface area contributed by atoms with Crippen LogP contribution in [0.4, 0.5) is 0 Å². The van der Waals surface area contributed by atoms with E-state index in [4.69, 9.17) is 11.6 Å². The minimum atomic E-state index is -3.65. The molecule has 2 heterocycles. The molecular formula is C20H19ClN2O2S. The molecule has 4 nitrogen and oxygen atoms in total. The molecule has 0 fully saturated rings. The van der Waals surface area contributed by atoms with Crippen molar-refractivity contribution in [2.24, 2.45) is 0 Å². The zero-order chi connectivity index (χ0) is 18.3. The maximum absolute atomic E-state index is 13.4. The summed E-state index contributed by atoms with van der Waals surface area (Å²) in [5.74, 6) is 0. The molecule has 1 aliphatic heterocycles. The topological polar surface area (TPSA) is 42.3 Å². The summed E-state index contributed by atoms with van der Waals surface area (Å²) in [5, 5.41) is 0.520. The van der Waals surface area contributed by atoms with E-state index in [1.165, 1.54) is 0 Å². The molecule has 1 aromatic heterocycles. The molecule has 6 heteroatoms. The van der Waals surface area contributed by atoms with E-state index in [-0.39, 0.29) is 10.9 Å². The monoisotopic (exact) mass is 386 g/mol. The van der Waals surface area contributed by atoms with Gasteiger partial charge in [0.25, 0.3) is 0 Å². The van der Waals surface area contributed by atoms with Crippen LogP contribution in [0.3, 0.4) is 0 Å². The van der Waals surface area contributed by atoms with E-state index in [2.05, 4.69) is 4.57 Å². The van der Waals surface area contributed by atoms with Crippen LogP contribution >= 0.6 is 11.6 Å². The van der Waals surface area contributed by atoms with Gasteiger partial charge in [-0.2, -0.15) is 4.31 Å². The second-order valence-electron chi connectivity index (χ2n) is 6.51. The predicted octanol–water partition coefficient (Wildman–Crippen LogP) is 4.24. The fraction of sp³-hybridized carbons (Fsp3) is 0.200. The standard InChI is InChI=1S/C20H19ClN2O2S/c1-15-4-6-16(7-5-15)20-19-3-2-12-22(19)13-14-23(20)26(24,25)18-10-8-17(21)9-11-18/h2-12,20H,13-14H2,1H3/t20-/m1/s1. The average molecular weight is 387 g/mol. The Hall–Kier alpha value is -2.08. The molecule has 4 rings (SSSR count). The third-order valence-electron chi connectivity index (χ3n) is 4.81. The highest BCUT2D eigenvalue weighted by Gasteiger charge is 2.37. The summed E-state index contributed by atoms with van der Waals surface area (Å²) >= 11 is 5.93. The number of halogens is 1. The Morgan fingerprint density at radius 2 is 1.65 bits per heavy atom. The van der Waals surface area contributed by atoms with Gasteiger partial charge in [-0.05, 0) is 48.9 Å². The van der Waals surface area contributed by atoms with Crippen molar-refractivity contribution in [1.29, 1.82) is 0 Å². The maximum atomic E-state index is 13.4. The molecule has 134 valence electrons. The minimum Gasteiger partial charge on any atom is -0.348 e. The average Bonchev–Trinajstić information content (AvgIpc) is 3.11. The lowest BCUT2D eigenvalue weighted by Gasteiger charge is -2.36. The van der Waals surface area contributed by atoms with Crippen molar-refractivity contribution in [3.63, 3.8) is 0 Å². The molecule has 1 aliphatic rings. The number of hydrogen-bond acceptors (Lipinski definition) is 2. The van der Waals surface area contributed by atoms with E-state index in [0.29, 0.717) is 18.1 Å². The van der Waals surface area contributed by atoms with Crippen LogP contribution in [0.5, 0.6) is 0 Å². The Balaban J connectivity index is 1.83. The van der Waals surface area contributed by atoms with Gasteiger partial charge in [-0.3, -0.25) is 0 Å². The summed E-state index contributed by atoms with van der Waals surface area (Å²) in [4.78, 5) is 0.263. The SMILES string of the molecule is Cc1ccc([C@@H]2c3cccn3CCN2S(=O)(=O)c2ccc(Cl)cc2)cc1. The lowest BCUT2D eigenvalue weighted by atomic mass is 10.0. The Labute approximate surface area is 158 Å². The van der Waals surface area contributed by atoms with E-state index in [0.717, 1.165) is 16.8 Å². The van der Waals surface area contributed by atoms with Gasteiger partial charge in [0.15, 0.2) is 0 Å². The quantitative estimate of drug-likeness (QED) is 0.675. The second-order valence-corrected chi connectivity index (χ2v) is 8.84. The zero-order valence-corrected chi connectivity index (χ0v) is 15.9. The van der Waals surface area contributed by atoms with Crippen molar-refractivity contribution in [2.45, 2.75) is 24.4 Å². The number of aryl methyl sites for hydroxylation is 1. The van der Waals surface area contributed by atoms with E-state index in [9.17, 15) is 8.42 Å². The second kappa shape index (κ2) is 6.58. The number of hydrogen-bond donors (Lipinski definition) is 0. The molecule has 0 aliphatic carbocycles. The first-order chi connectivity index (χ1) is 12.5. The first kappa shape index (κ1) is 17.3. The summed E-state index contributed by atoms with van der Waals surface area (Å²) in [7, 11) is -3.65.